The van der Waals surface area contributed by atoms with E-state index in [4.69, 9.17) is 5.11 Å². The van der Waals surface area contributed by atoms with E-state index in [0.29, 0.717) is 0 Å². The highest BCUT2D eigenvalue weighted by atomic mass is 19.4. The number of aliphatic hydroxyl groups excluding tert-OH is 1. The summed E-state index contributed by atoms with van der Waals surface area (Å²) in [6, 6.07) is 0. The highest BCUT2D eigenvalue weighted by molar-refractivity contribution is 4.89. The standard InChI is InChI=1S/C8H4F14O.C2H3F3O/c9-1(7(17,18)19)5(13,14)3(11)23-4(12)6(15,16)2(10)8(20,21)22;3-1(4)2(5)6/h1-4H;1-2,6H. The Morgan fingerprint density at radius 1 is 0.517 bits per heavy atom. The van der Waals surface area contributed by atoms with E-state index < -0.39 is 62.0 Å². The molecule has 0 aliphatic heterocycles. The van der Waals surface area contributed by atoms with Crippen LogP contribution in [0.15, 0.2) is 0 Å². The van der Waals surface area contributed by atoms with Crippen molar-refractivity contribution in [3.8, 4) is 0 Å². The predicted molar refractivity (Wildman–Crippen MR) is 55.8 cm³/mol. The smallest absolute Gasteiger partial charge is 0.360 e. The van der Waals surface area contributed by atoms with E-state index in [1.165, 1.54) is 0 Å². The number of rotatable bonds is 7. The summed E-state index contributed by atoms with van der Waals surface area (Å²) in [5.41, 5.74) is 0. The first-order valence-electron chi connectivity index (χ1n) is 6.21. The molecule has 5 atom stereocenters. The molecule has 0 saturated heterocycles. The fourth-order valence-corrected chi connectivity index (χ4v) is 0.953. The van der Waals surface area contributed by atoms with Crippen LogP contribution in [0, 0.1) is 0 Å². The molecule has 2 nitrogen and oxygen atoms in total. The Morgan fingerprint density at radius 3 is 0.862 bits per heavy atom. The van der Waals surface area contributed by atoms with Gasteiger partial charge in [-0.15, -0.1) is 0 Å². The molecular formula is C10H7F17O2. The number of hydrogen-bond acceptors (Lipinski definition) is 2. The van der Waals surface area contributed by atoms with E-state index in [-0.39, 0.29) is 0 Å². The summed E-state index contributed by atoms with van der Waals surface area (Å²) >= 11 is 0. The maximum atomic E-state index is 12.6. The van der Waals surface area contributed by atoms with E-state index in [2.05, 4.69) is 4.74 Å². The maximum Gasteiger partial charge on any atom is 0.425 e. The number of aliphatic hydroxyl groups is 1. The van der Waals surface area contributed by atoms with Crippen molar-refractivity contribution >= 4 is 0 Å². The Labute approximate surface area is 148 Å². The first-order chi connectivity index (χ1) is 12.5. The minimum atomic E-state index is -6.43. The molecule has 29 heavy (non-hydrogen) atoms. The third-order valence-corrected chi connectivity index (χ3v) is 2.30. The Hall–Kier alpha value is -1.27. The summed E-state index contributed by atoms with van der Waals surface area (Å²) in [6.07, 6.45) is -40.0. The van der Waals surface area contributed by atoms with Crippen LogP contribution in [0.1, 0.15) is 0 Å². The molecular weight excluding hydrogens is 475 g/mol. The van der Waals surface area contributed by atoms with Gasteiger partial charge in [0.1, 0.15) is 0 Å². The molecule has 0 heterocycles. The molecule has 178 valence electrons. The molecule has 0 aromatic carbocycles. The van der Waals surface area contributed by atoms with Crippen LogP contribution in [0.5, 0.6) is 0 Å². The lowest BCUT2D eigenvalue weighted by Gasteiger charge is -2.29. The lowest BCUT2D eigenvalue weighted by atomic mass is 10.2. The van der Waals surface area contributed by atoms with Crippen molar-refractivity contribution in [2.24, 2.45) is 0 Å². The Bertz CT molecular complexity index is 430. The molecule has 0 spiro atoms. The number of alkyl halides is 17. The Kier molecular flexibility index (Phi) is 10.5. The highest BCUT2D eigenvalue weighted by Gasteiger charge is 2.66. The molecule has 5 unspecified atom stereocenters. The van der Waals surface area contributed by atoms with Crippen molar-refractivity contribution in [3.05, 3.63) is 0 Å². The molecule has 0 bridgehead atoms. The van der Waals surface area contributed by atoms with Gasteiger partial charge < -0.3 is 9.84 Å². The summed E-state index contributed by atoms with van der Waals surface area (Å²) in [4.78, 5) is 0. The fourth-order valence-electron chi connectivity index (χ4n) is 0.953. The Balaban J connectivity index is 0. The second-order valence-electron chi connectivity index (χ2n) is 4.63. The number of hydrogen-bond donors (Lipinski definition) is 1. The van der Waals surface area contributed by atoms with Crippen LogP contribution in [0.2, 0.25) is 0 Å². The van der Waals surface area contributed by atoms with Crippen molar-refractivity contribution in [2.75, 3.05) is 0 Å². The molecule has 0 aliphatic carbocycles. The largest absolute Gasteiger partial charge is 0.425 e. The van der Waals surface area contributed by atoms with E-state index in [0.717, 1.165) is 0 Å². The number of ether oxygens (including phenoxy) is 1. The van der Waals surface area contributed by atoms with Crippen LogP contribution in [0.25, 0.3) is 0 Å². The van der Waals surface area contributed by atoms with Gasteiger partial charge in [-0.2, -0.15) is 43.9 Å². The first kappa shape index (κ1) is 29.9. The van der Waals surface area contributed by atoms with Crippen LogP contribution >= 0.6 is 0 Å². The zero-order valence-corrected chi connectivity index (χ0v) is 12.7. The zero-order valence-electron chi connectivity index (χ0n) is 12.7. The lowest BCUT2D eigenvalue weighted by molar-refractivity contribution is -0.348. The van der Waals surface area contributed by atoms with Crippen LogP contribution in [0.3, 0.4) is 0 Å². The normalized spacial score (nSPS) is 19.1. The average Bonchev–Trinajstić information content (AvgIpc) is 2.51. The molecule has 0 amide bonds. The molecule has 0 aromatic rings. The van der Waals surface area contributed by atoms with E-state index in [9.17, 15) is 74.6 Å². The first-order valence-corrected chi connectivity index (χ1v) is 6.21. The van der Waals surface area contributed by atoms with E-state index in [1.54, 1.807) is 0 Å². The third kappa shape index (κ3) is 8.95. The van der Waals surface area contributed by atoms with Crippen molar-refractivity contribution in [2.45, 2.75) is 62.0 Å². The molecule has 0 radical (unpaired) electrons. The van der Waals surface area contributed by atoms with Gasteiger partial charge in [0.25, 0.3) is 37.8 Å². The van der Waals surface area contributed by atoms with Crippen LogP contribution in [-0.2, 0) is 4.74 Å². The van der Waals surface area contributed by atoms with Gasteiger partial charge in [0.15, 0.2) is 0 Å². The summed E-state index contributed by atoms with van der Waals surface area (Å²) in [5, 5.41) is 7.21. The van der Waals surface area contributed by atoms with E-state index >= 15 is 0 Å². The van der Waals surface area contributed by atoms with Gasteiger partial charge in [-0.3, -0.25) is 0 Å². The van der Waals surface area contributed by atoms with Crippen LogP contribution in [-0.4, -0.2) is 67.1 Å². The topological polar surface area (TPSA) is 29.5 Å². The average molecular weight is 482 g/mol. The van der Waals surface area contributed by atoms with Crippen LogP contribution < -0.4 is 0 Å². The summed E-state index contributed by atoms with van der Waals surface area (Å²) in [7, 11) is 0. The molecule has 0 fully saturated rings. The second kappa shape index (κ2) is 10.2. The van der Waals surface area contributed by atoms with Crippen molar-refractivity contribution < 1.29 is 84.5 Å². The molecule has 0 aromatic heterocycles. The van der Waals surface area contributed by atoms with Gasteiger partial charge in [0, 0.05) is 0 Å². The maximum absolute atomic E-state index is 12.6. The SMILES string of the molecule is FC(OC(F)C(F)(F)C(F)C(F)(F)F)C(F)(F)C(F)C(F)(F)F.OC(F)C(F)F. The summed E-state index contributed by atoms with van der Waals surface area (Å²) in [6.45, 7) is 0. The molecule has 19 heteroatoms. The quantitative estimate of drug-likeness (QED) is 0.506. The van der Waals surface area contributed by atoms with Gasteiger partial charge in [0.05, 0.1) is 0 Å². The monoisotopic (exact) mass is 482 g/mol. The number of halogens is 17. The zero-order chi connectivity index (χ0) is 24.2. The minimum absolute atomic E-state index is 2.30. The van der Waals surface area contributed by atoms with Crippen molar-refractivity contribution in [3.63, 3.8) is 0 Å². The third-order valence-electron chi connectivity index (χ3n) is 2.30. The van der Waals surface area contributed by atoms with Crippen LogP contribution in [0.4, 0.5) is 74.6 Å². The van der Waals surface area contributed by atoms with Gasteiger partial charge in [0.2, 0.25) is 0 Å². The summed E-state index contributed by atoms with van der Waals surface area (Å²) in [5.74, 6) is -12.6. The van der Waals surface area contributed by atoms with Gasteiger partial charge in [-0.25, -0.2) is 30.7 Å². The van der Waals surface area contributed by atoms with Crippen molar-refractivity contribution in [1.29, 1.82) is 0 Å². The molecule has 0 saturated carbocycles. The summed E-state index contributed by atoms with van der Waals surface area (Å²) < 4.78 is 204. The van der Waals surface area contributed by atoms with Crippen molar-refractivity contribution in [1.82, 2.24) is 0 Å². The second-order valence-corrected chi connectivity index (χ2v) is 4.63. The molecule has 1 N–H and O–H groups in total. The molecule has 0 rings (SSSR count). The van der Waals surface area contributed by atoms with Gasteiger partial charge in [-0.05, 0) is 0 Å². The Morgan fingerprint density at radius 2 is 0.724 bits per heavy atom. The highest BCUT2D eigenvalue weighted by Crippen LogP contribution is 2.42. The lowest BCUT2D eigenvalue weighted by Crippen LogP contribution is -2.54. The predicted octanol–water partition coefficient (Wildman–Crippen LogP) is 5.21. The van der Waals surface area contributed by atoms with E-state index in [1.807, 2.05) is 0 Å². The fraction of sp³-hybridized carbons (Fsp3) is 1.00. The van der Waals surface area contributed by atoms with Gasteiger partial charge >= 0.3 is 24.2 Å². The van der Waals surface area contributed by atoms with Gasteiger partial charge in [-0.1, -0.05) is 0 Å². The minimum Gasteiger partial charge on any atom is -0.360 e. The molecule has 0 aliphatic rings.